The first-order chi connectivity index (χ1) is 10.3. The number of ether oxygens (including phenoxy) is 1. The molecule has 22 heavy (non-hydrogen) atoms. The predicted octanol–water partition coefficient (Wildman–Crippen LogP) is 4.79. The van der Waals surface area contributed by atoms with Gasteiger partial charge in [0.2, 0.25) is 0 Å². The number of rotatable bonds is 3. The fourth-order valence-corrected chi connectivity index (χ4v) is 2.61. The molecule has 0 radical (unpaired) electrons. The van der Waals surface area contributed by atoms with Crippen LogP contribution in [-0.2, 0) is 4.74 Å². The Hall–Kier alpha value is -1.61. The Labute approximate surface area is 137 Å². The standard InChI is InChI=1S/C18H22ClNO2/c1-5-22-17(21)14-7-6-12(10-15(14)19)13-8-9-20-16(11-13)18(2,3)4/h6-7,10-11H,5,8-9H2,1-4H3. The van der Waals surface area contributed by atoms with Crippen molar-refractivity contribution in [3.05, 3.63) is 40.4 Å². The maximum Gasteiger partial charge on any atom is 0.339 e. The van der Waals surface area contributed by atoms with Crippen LogP contribution in [0.4, 0.5) is 0 Å². The summed E-state index contributed by atoms with van der Waals surface area (Å²) in [6, 6.07) is 5.50. The van der Waals surface area contributed by atoms with E-state index in [4.69, 9.17) is 16.3 Å². The van der Waals surface area contributed by atoms with Crippen LogP contribution >= 0.6 is 11.6 Å². The van der Waals surface area contributed by atoms with Gasteiger partial charge in [0, 0.05) is 17.7 Å². The topological polar surface area (TPSA) is 38.7 Å². The number of esters is 1. The van der Waals surface area contributed by atoms with Crippen LogP contribution in [0.2, 0.25) is 5.02 Å². The zero-order valence-corrected chi connectivity index (χ0v) is 14.3. The molecule has 0 atom stereocenters. The van der Waals surface area contributed by atoms with E-state index in [1.165, 1.54) is 5.57 Å². The van der Waals surface area contributed by atoms with E-state index < -0.39 is 0 Å². The summed E-state index contributed by atoms with van der Waals surface area (Å²) < 4.78 is 5.00. The van der Waals surface area contributed by atoms with Crippen LogP contribution in [0.3, 0.4) is 0 Å². The molecular formula is C18H22ClNO2. The lowest BCUT2D eigenvalue weighted by molar-refractivity contribution is 0.0526. The molecule has 0 saturated heterocycles. The summed E-state index contributed by atoms with van der Waals surface area (Å²) in [6.07, 6.45) is 3.02. The second kappa shape index (κ2) is 6.66. The van der Waals surface area contributed by atoms with Crippen LogP contribution in [0, 0.1) is 5.41 Å². The Kier molecular flexibility index (Phi) is 5.07. The number of carbonyl (C=O) groups is 1. The third-order valence-corrected chi connectivity index (χ3v) is 3.89. The van der Waals surface area contributed by atoms with Crippen LogP contribution in [0.15, 0.2) is 29.3 Å². The molecule has 1 aliphatic heterocycles. The Morgan fingerprint density at radius 2 is 2.09 bits per heavy atom. The van der Waals surface area contributed by atoms with Gasteiger partial charge in [-0.2, -0.15) is 0 Å². The lowest BCUT2D eigenvalue weighted by Crippen LogP contribution is -2.21. The molecule has 118 valence electrons. The fourth-order valence-electron chi connectivity index (χ4n) is 2.35. The molecular weight excluding hydrogens is 298 g/mol. The largest absolute Gasteiger partial charge is 0.462 e. The number of nitrogens with zero attached hydrogens (tertiary/aromatic N) is 1. The van der Waals surface area contributed by atoms with Gasteiger partial charge in [-0.3, -0.25) is 4.99 Å². The van der Waals surface area contributed by atoms with Gasteiger partial charge in [0.25, 0.3) is 0 Å². The summed E-state index contributed by atoms with van der Waals surface area (Å²) in [4.78, 5) is 16.4. The zero-order valence-electron chi connectivity index (χ0n) is 13.6. The number of allylic oxidation sites excluding steroid dienone is 1. The van der Waals surface area contributed by atoms with Gasteiger partial charge in [0.05, 0.1) is 17.2 Å². The minimum atomic E-state index is -0.381. The number of halogens is 1. The van der Waals surface area contributed by atoms with E-state index in [-0.39, 0.29) is 11.4 Å². The van der Waals surface area contributed by atoms with Gasteiger partial charge in [0.15, 0.2) is 0 Å². The Bertz CT molecular complexity index is 639. The minimum absolute atomic E-state index is 0.0281. The first-order valence-corrected chi connectivity index (χ1v) is 7.93. The van der Waals surface area contributed by atoms with E-state index in [1.54, 1.807) is 13.0 Å². The van der Waals surface area contributed by atoms with Gasteiger partial charge in [0.1, 0.15) is 0 Å². The summed E-state index contributed by atoms with van der Waals surface area (Å²) in [7, 11) is 0. The number of hydrogen-bond acceptors (Lipinski definition) is 3. The van der Waals surface area contributed by atoms with Crippen molar-refractivity contribution in [1.29, 1.82) is 0 Å². The number of dihydropyridines is 1. The summed E-state index contributed by atoms with van der Waals surface area (Å²) in [5, 5.41) is 0.427. The van der Waals surface area contributed by atoms with Crippen molar-refractivity contribution in [2.24, 2.45) is 10.4 Å². The molecule has 0 fully saturated rings. The summed E-state index contributed by atoms with van der Waals surface area (Å²) in [6.45, 7) is 9.37. The van der Waals surface area contributed by atoms with E-state index >= 15 is 0 Å². The molecule has 3 nitrogen and oxygen atoms in total. The van der Waals surface area contributed by atoms with Crippen LogP contribution in [-0.4, -0.2) is 24.8 Å². The molecule has 0 aromatic heterocycles. The molecule has 1 aromatic carbocycles. The fraction of sp³-hybridized carbons (Fsp3) is 0.444. The quantitative estimate of drug-likeness (QED) is 0.751. The first kappa shape index (κ1) is 16.8. The molecule has 0 bridgehead atoms. The van der Waals surface area contributed by atoms with E-state index in [1.807, 2.05) is 12.1 Å². The van der Waals surface area contributed by atoms with Crippen molar-refractivity contribution in [1.82, 2.24) is 0 Å². The highest BCUT2D eigenvalue weighted by molar-refractivity contribution is 6.33. The molecule has 1 heterocycles. The van der Waals surface area contributed by atoms with Crippen LogP contribution in [0.1, 0.15) is 50.0 Å². The normalized spacial score (nSPS) is 15.1. The van der Waals surface area contributed by atoms with Crippen molar-refractivity contribution in [2.45, 2.75) is 34.1 Å². The van der Waals surface area contributed by atoms with Crippen LogP contribution in [0.25, 0.3) is 5.57 Å². The molecule has 0 spiro atoms. The molecule has 1 aromatic rings. The van der Waals surface area contributed by atoms with Gasteiger partial charge in [-0.15, -0.1) is 0 Å². The molecule has 0 saturated carbocycles. The number of benzene rings is 1. The molecule has 0 amide bonds. The van der Waals surface area contributed by atoms with Gasteiger partial charge >= 0.3 is 5.97 Å². The average Bonchev–Trinajstić information content (AvgIpc) is 2.46. The van der Waals surface area contributed by atoms with Gasteiger partial charge in [-0.25, -0.2) is 4.79 Å². The Morgan fingerprint density at radius 1 is 1.36 bits per heavy atom. The zero-order chi connectivity index (χ0) is 16.3. The molecule has 0 N–H and O–H groups in total. The van der Waals surface area contributed by atoms with E-state index in [0.29, 0.717) is 17.2 Å². The van der Waals surface area contributed by atoms with E-state index in [0.717, 1.165) is 24.2 Å². The summed E-state index contributed by atoms with van der Waals surface area (Å²) in [5.41, 5.74) is 3.78. The molecule has 1 aliphatic rings. The van der Waals surface area contributed by atoms with Gasteiger partial charge in [-0.05, 0) is 42.7 Å². The highest BCUT2D eigenvalue weighted by atomic mass is 35.5. The smallest absolute Gasteiger partial charge is 0.339 e. The lowest BCUT2D eigenvalue weighted by Gasteiger charge is -2.23. The summed E-state index contributed by atoms with van der Waals surface area (Å²) >= 11 is 6.25. The van der Waals surface area contributed by atoms with Gasteiger partial charge in [-0.1, -0.05) is 38.4 Å². The summed E-state index contributed by atoms with van der Waals surface area (Å²) in [5.74, 6) is -0.381. The number of carbonyl (C=O) groups excluding carboxylic acids is 1. The highest BCUT2D eigenvalue weighted by Gasteiger charge is 2.21. The maximum atomic E-state index is 11.8. The Morgan fingerprint density at radius 3 is 2.68 bits per heavy atom. The van der Waals surface area contributed by atoms with Crippen molar-refractivity contribution in [2.75, 3.05) is 13.2 Å². The molecule has 0 aliphatic carbocycles. The average molecular weight is 320 g/mol. The van der Waals surface area contributed by atoms with Crippen molar-refractivity contribution in [3.8, 4) is 0 Å². The SMILES string of the molecule is CCOC(=O)c1ccc(C2=CC(C(C)(C)C)=NCC2)cc1Cl. The first-order valence-electron chi connectivity index (χ1n) is 7.55. The molecule has 4 heteroatoms. The van der Waals surface area contributed by atoms with Crippen molar-refractivity contribution >= 4 is 28.9 Å². The van der Waals surface area contributed by atoms with Crippen molar-refractivity contribution < 1.29 is 9.53 Å². The number of aliphatic imine (C=N–C) groups is 1. The predicted molar refractivity (Wildman–Crippen MR) is 91.8 cm³/mol. The van der Waals surface area contributed by atoms with E-state index in [2.05, 4.69) is 31.8 Å². The maximum absolute atomic E-state index is 11.8. The third kappa shape index (κ3) is 3.77. The lowest BCUT2D eigenvalue weighted by atomic mass is 9.85. The third-order valence-electron chi connectivity index (χ3n) is 3.58. The van der Waals surface area contributed by atoms with Crippen LogP contribution in [0.5, 0.6) is 0 Å². The van der Waals surface area contributed by atoms with Gasteiger partial charge < -0.3 is 4.74 Å². The highest BCUT2D eigenvalue weighted by Crippen LogP contribution is 2.30. The second-order valence-electron chi connectivity index (χ2n) is 6.35. The Balaban J connectivity index is 2.31. The second-order valence-corrected chi connectivity index (χ2v) is 6.76. The van der Waals surface area contributed by atoms with Crippen LogP contribution < -0.4 is 0 Å². The number of hydrogen-bond donors (Lipinski definition) is 0. The van der Waals surface area contributed by atoms with E-state index in [9.17, 15) is 4.79 Å². The van der Waals surface area contributed by atoms with Crippen molar-refractivity contribution in [3.63, 3.8) is 0 Å². The monoisotopic (exact) mass is 319 g/mol. The molecule has 0 unspecified atom stereocenters. The molecule has 2 rings (SSSR count). The minimum Gasteiger partial charge on any atom is -0.462 e.